The van der Waals surface area contributed by atoms with Crippen LogP contribution in [0.25, 0.3) is 0 Å². The molecule has 23 heavy (non-hydrogen) atoms. The smallest absolute Gasteiger partial charge is 0.251 e. The zero-order chi connectivity index (χ0) is 16.7. The van der Waals surface area contributed by atoms with Gasteiger partial charge in [0.1, 0.15) is 11.5 Å². The molecule has 1 N–H and O–H groups in total. The summed E-state index contributed by atoms with van der Waals surface area (Å²) < 4.78 is 10.8. The topological polar surface area (TPSA) is 47.6 Å². The number of carbonyl (C=O) groups excluding carboxylic acids is 1. The van der Waals surface area contributed by atoms with Gasteiger partial charge in [-0.15, -0.1) is 0 Å². The Morgan fingerprint density at radius 2 is 1.87 bits per heavy atom. The number of amides is 1. The van der Waals surface area contributed by atoms with Crippen molar-refractivity contribution in [2.24, 2.45) is 0 Å². The molecule has 0 aromatic heterocycles. The lowest BCUT2D eigenvalue weighted by Crippen LogP contribution is -2.22. The van der Waals surface area contributed by atoms with E-state index in [0.29, 0.717) is 36.1 Å². The Bertz CT molecular complexity index is 673. The van der Waals surface area contributed by atoms with Gasteiger partial charge in [0.05, 0.1) is 18.2 Å². The minimum Gasteiger partial charge on any atom is -0.494 e. The molecular weight excluding hydrogens is 314 g/mol. The van der Waals surface area contributed by atoms with Crippen molar-refractivity contribution in [3.8, 4) is 11.5 Å². The van der Waals surface area contributed by atoms with Crippen LogP contribution in [0.5, 0.6) is 11.5 Å². The largest absolute Gasteiger partial charge is 0.494 e. The van der Waals surface area contributed by atoms with Crippen LogP contribution in [0.2, 0.25) is 5.02 Å². The molecule has 0 aliphatic carbocycles. The molecule has 122 valence electrons. The molecular formula is C18H20ClNO3. The maximum absolute atomic E-state index is 12.2. The summed E-state index contributed by atoms with van der Waals surface area (Å²) in [6.45, 7) is 5.38. The predicted octanol–water partition coefficient (Wildman–Crippen LogP) is 4.07. The number of halogens is 1. The van der Waals surface area contributed by atoms with Gasteiger partial charge in [-0.1, -0.05) is 23.7 Å². The fourth-order valence-electron chi connectivity index (χ4n) is 2.11. The maximum atomic E-state index is 12.2. The molecule has 2 aromatic rings. The van der Waals surface area contributed by atoms with Crippen molar-refractivity contribution >= 4 is 17.5 Å². The molecule has 0 saturated heterocycles. The number of rotatable bonds is 7. The molecule has 0 unspecified atom stereocenters. The van der Waals surface area contributed by atoms with Crippen LogP contribution in [0.3, 0.4) is 0 Å². The van der Waals surface area contributed by atoms with Crippen molar-refractivity contribution in [3.63, 3.8) is 0 Å². The normalized spacial score (nSPS) is 10.2. The van der Waals surface area contributed by atoms with Gasteiger partial charge in [-0.3, -0.25) is 4.79 Å². The molecule has 4 nitrogen and oxygen atoms in total. The van der Waals surface area contributed by atoms with Crippen LogP contribution in [0, 0.1) is 0 Å². The third-order valence-electron chi connectivity index (χ3n) is 3.16. The summed E-state index contributed by atoms with van der Waals surface area (Å²) in [5.41, 5.74) is 1.47. The SMILES string of the molecule is CCOc1cccc(CNC(=O)c2ccc(OCC)c(Cl)c2)c1. The first-order valence-corrected chi connectivity index (χ1v) is 7.94. The lowest BCUT2D eigenvalue weighted by atomic mass is 10.2. The molecule has 0 aliphatic rings. The summed E-state index contributed by atoms with van der Waals surface area (Å²) >= 11 is 6.10. The zero-order valence-corrected chi connectivity index (χ0v) is 14.0. The molecule has 0 bridgehead atoms. The fraction of sp³-hybridized carbons (Fsp3) is 0.278. The Hall–Kier alpha value is -2.20. The molecule has 0 aliphatic heterocycles. The molecule has 0 atom stereocenters. The summed E-state index contributed by atoms with van der Waals surface area (Å²) in [5, 5.41) is 3.30. The third-order valence-corrected chi connectivity index (χ3v) is 3.45. The van der Waals surface area contributed by atoms with E-state index in [4.69, 9.17) is 21.1 Å². The Morgan fingerprint density at radius 3 is 2.57 bits per heavy atom. The van der Waals surface area contributed by atoms with Gasteiger partial charge in [0.15, 0.2) is 0 Å². The quantitative estimate of drug-likeness (QED) is 0.831. The van der Waals surface area contributed by atoms with E-state index in [1.54, 1.807) is 18.2 Å². The van der Waals surface area contributed by atoms with Crippen molar-refractivity contribution in [2.45, 2.75) is 20.4 Å². The molecule has 0 saturated carbocycles. The molecule has 0 fully saturated rings. The van der Waals surface area contributed by atoms with Crippen LogP contribution in [-0.2, 0) is 6.54 Å². The van der Waals surface area contributed by atoms with Crippen molar-refractivity contribution in [3.05, 3.63) is 58.6 Å². The molecule has 0 radical (unpaired) electrons. The van der Waals surface area contributed by atoms with E-state index < -0.39 is 0 Å². The summed E-state index contributed by atoms with van der Waals surface area (Å²) in [6, 6.07) is 12.7. The second-order valence-corrected chi connectivity index (χ2v) is 5.25. The van der Waals surface area contributed by atoms with Gasteiger partial charge in [-0.2, -0.15) is 0 Å². The lowest BCUT2D eigenvalue weighted by Gasteiger charge is -2.09. The summed E-state index contributed by atoms with van der Waals surface area (Å²) in [4.78, 5) is 12.2. The van der Waals surface area contributed by atoms with Crippen LogP contribution in [0.15, 0.2) is 42.5 Å². The zero-order valence-electron chi connectivity index (χ0n) is 13.3. The highest BCUT2D eigenvalue weighted by Crippen LogP contribution is 2.25. The first-order chi connectivity index (χ1) is 11.1. The van der Waals surface area contributed by atoms with E-state index >= 15 is 0 Å². The van der Waals surface area contributed by atoms with Crippen LogP contribution < -0.4 is 14.8 Å². The maximum Gasteiger partial charge on any atom is 0.251 e. The molecule has 1 amide bonds. The second-order valence-electron chi connectivity index (χ2n) is 4.84. The number of ether oxygens (including phenoxy) is 2. The summed E-state index contributed by atoms with van der Waals surface area (Å²) in [7, 11) is 0. The Balaban J connectivity index is 1.99. The Morgan fingerprint density at radius 1 is 1.09 bits per heavy atom. The average Bonchev–Trinajstić information content (AvgIpc) is 2.55. The minimum atomic E-state index is -0.184. The van der Waals surface area contributed by atoms with Gasteiger partial charge < -0.3 is 14.8 Å². The number of hydrogen-bond donors (Lipinski definition) is 1. The van der Waals surface area contributed by atoms with Crippen molar-refractivity contribution in [2.75, 3.05) is 13.2 Å². The van der Waals surface area contributed by atoms with Crippen molar-refractivity contribution in [1.29, 1.82) is 0 Å². The summed E-state index contributed by atoms with van der Waals surface area (Å²) in [6.07, 6.45) is 0. The van der Waals surface area contributed by atoms with Gasteiger partial charge >= 0.3 is 0 Å². The van der Waals surface area contributed by atoms with E-state index in [9.17, 15) is 4.79 Å². The molecule has 5 heteroatoms. The number of benzene rings is 2. The van der Waals surface area contributed by atoms with Gasteiger partial charge in [-0.25, -0.2) is 0 Å². The third kappa shape index (κ3) is 4.89. The van der Waals surface area contributed by atoms with Crippen molar-refractivity contribution in [1.82, 2.24) is 5.32 Å². The number of nitrogens with one attached hydrogen (secondary N) is 1. The first kappa shape index (κ1) is 17.2. The fourth-order valence-corrected chi connectivity index (χ4v) is 2.35. The van der Waals surface area contributed by atoms with Crippen LogP contribution >= 0.6 is 11.6 Å². The van der Waals surface area contributed by atoms with E-state index in [2.05, 4.69) is 5.32 Å². The molecule has 0 heterocycles. The molecule has 2 aromatic carbocycles. The van der Waals surface area contributed by atoms with Crippen molar-refractivity contribution < 1.29 is 14.3 Å². The monoisotopic (exact) mass is 333 g/mol. The van der Waals surface area contributed by atoms with Crippen LogP contribution in [0.4, 0.5) is 0 Å². The van der Waals surface area contributed by atoms with Crippen LogP contribution in [-0.4, -0.2) is 19.1 Å². The van der Waals surface area contributed by atoms with E-state index in [-0.39, 0.29) is 5.91 Å². The van der Waals surface area contributed by atoms with E-state index in [0.717, 1.165) is 11.3 Å². The van der Waals surface area contributed by atoms with Gasteiger partial charge in [0, 0.05) is 12.1 Å². The number of hydrogen-bond acceptors (Lipinski definition) is 3. The Labute approximate surface area is 141 Å². The van der Waals surface area contributed by atoms with Gasteiger partial charge in [0.2, 0.25) is 0 Å². The highest BCUT2D eigenvalue weighted by Gasteiger charge is 2.09. The van der Waals surface area contributed by atoms with Gasteiger partial charge in [0.25, 0.3) is 5.91 Å². The second kappa shape index (κ2) is 8.44. The highest BCUT2D eigenvalue weighted by molar-refractivity contribution is 6.32. The lowest BCUT2D eigenvalue weighted by molar-refractivity contribution is 0.0951. The standard InChI is InChI=1S/C18H20ClNO3/c1-3-22-15-7-5-6-13(10-15)12-20-18(21)14-8-9-17(23-4-2)16(19)11-14/h5-11H,3-4,12H2,1-2H3,(H,20,21). The highest BCUT2D eigenvalue weighted by atomic mass is 35.5. The molecule has 0 spiro atoms. The predicted molar refractivity (Wildman–Crippen MR) is 91.4 cm³/mol. The Kier molecular flexibility index (Phi) is 6.29. The minimum absolute atomic E-state index is 0.184. The van der Waals surface area contributed by atoms with Crippen LogP contribution in [0.1, 0.15) is 29.8 Å². The number of carbonyl (C=O) groups is 1. The molecule has 2 rings (SSSR count). The van der Waals surface area contributed by atoms with E-state index in [1.165, 1.54) is 0 Å². The van der Waals surface area contributed by atoms with E-state index in [1.807, 2.05) is 38.1 Å². The summed E-state index contributed by atoms with van der Waals surface area (Å²) in [5.74, 6) is 1.19. The average molecular weight is 334 g/mol. The first-order valence-electron chi connectivity index (χ1n) is 7.56. The van der Waals surface area contributed by atoms with Gasteiger partial charge in [-0.05, 0) is 49.7 Å².